The maximum Gasteiger partial charge on any atom is 0.228 e. The number of aryl methyl sites for hydroxylation is 1. The Hall–Kier alpha value is -3.67. The Morgan fingerprint density at radius 2 is 1.95 bits per heavy atom. The van der Waals surface area contributed by atoms with Crippen molar-refractivity contribution >= 4 is 26.6 Å². The van der Waals surface area contributed by atoms with E-state index in [4.69, 9.17) is 14.5 Å². The van der Waals surface area contributed by atoms with Gasteiger partial charge in [-0.05, 0) is 67.6 Å². The van der Waals surface area contributed by atoms with Crippen LogP contribution in [0, 0.1) is 12.7 Å². The molecule has 0 unspecified atom stereocenters. The number of pyridine rings is 1. The summed E-state index contributed by atoms with van der Waals surface area (Å²) in [6, 6.07) is 12.1. The van der Waals surface area contributed by atoms with Crippen molar-refractivity contribution in [2.45, 2.75) is 31.6 Å². The number of benzene rings is 2. The van der Waals surface area contributed by atoms with Crippen LogP contribution < -0.4 is 15.4 Å². The summed E-state index contributed by atoms with van der Waals surface area (Å²) in [6.45, 7) is 3.79. The van der Waals surface area contributed by atoms with E-state index in [2.05, 4.69) is 20.6 Å². The number of fused-ring (bicyclic) bond motifs is 1. The molecule has 5 rings (SSSR count). The molecule has 0 bridgehead atoms. The molecule has 1 saturated heterocycles. The van der Waals surface area contributed by atoms with E-state index in [0.717, 1.165) is 31.5 Å². The van der Waals surface area contributed by atoms with E-state index < -0.39 is 21.4 Å². The maximum absolute atomic E-state index is 14.9. The number of nitrogens with one attached hydrogen (secondary N) is 2. The lowest BCUT2D eigenvalue weighted by Gasteiger charge is -2.23. The fourth-order valence-electron chi connectivity index (χ4n) is 4.81. The average Bonchev–Trinajstić information content (AvgIpc) is 2.96. The molecule has 2 N–H and O–H groups in total. The van der Waals surface area contributed by atoms with Gasteiger partial charge in [-0.15, -0.1) is 0 Å². The summed E-state index contributed by atoms with van der Waals surface area (Å²) in [4.78, 5) is 13.6. The normalized spacial score (nSPS) is 15.7. The number of nitrogens with zero attached hydrogens (tertiary/aromatic N) is 3. The minimum absolute atomic E-state index is 0.0441. The van der Waals surface area contributed by atoms with Gasteiger partial charge in [0.15, 0.2) is 9.84 Å². The van der Waals surface area contributed by atoms with Gasteiger partial charge in [-0.3, -0.25) is 0 Å². The van der Waals surface area contributed by atoms with Crippen LogP contribution in [0.4, 0.5) is 10.3 Å². The number of methoxy groups -OCH3 is 1. The number of sulfone groups is 1. The highest BCUT2D eigenvalue weighted by atomic mass is 32.2. The summed E-state index contributed by atoms with van der Waals surface area (Å²) in [5.74, 6) is 0.0886. The second kappa shape index (κ2) is 12.2. The molecule has 210 valence electrons. The van der Waals surface area contributed by atoms with Crippen LogP contribution >= 0.6 is 0 Å². The molecule has 1 aliphatic heterocycles. The van der Waals surface area contributed by atoms with Gasteiger partial charge in [-0.2, -0.15) is 0 Å². The predicted molar refractivity (Wildman–Crippen MR) is 153 cm³/mol. The molecular formula is C29H32FN5O4S. The molecule has 1 aliphatic rings. The monoisotopic (exact) mass is 565 g/mol. The first-order valence-electron chi connectivity index (χ1n) is 13.2. The van der Waals surface area contributed by atoms with Gasteiger partial charge >= 0.3 is 0 Å². The van der Waals surface area contributed by atoms with Crippen molar-refractivity contribution in [2.24, 2.45) is 0 Å². The molecule has 0 aliphatic carbocycles. The molecule has 4 aromatic rings. The summed E-state index contributed by atoms with van der Waals surface area (Å²) in [7, 11) is -2.16. The third-order valence-electron chi connectivity index (χ3n) is 6.90. The van der Waals surface area contributed by atoms with E-state index >= 15 is 0 Å². The van der Waals surface area contributed by atoms with E-state index in [0.29, 0.717) is 39.6 Å². The highest BCUT2D eigenvalue weighted by Crippen LogP contribution is 2.38. The number of aromatic nitrogens is 3. The minimum Gasteiger partial charge on any atom is -0.437 e. The van der Waals surface area contributed by atoms with E-state index in [1.807, 2.05) is 13.0 Å². The summed E-state index contributed by atoms with van der Waals surface area (Å²) in [6.07, 6.45) is 5.45. The Morgan fingerprint density at radius 3 is 2.75 bits per heavy atom. The Morgan fingerprint density at radius 1 is 1.10 bits per heavy atom. The first-order chi connectivity index (χ1) is 19.3. The molecule has 40 heavy (non-hydrogen) atoms. The van der Waals surface area contributed by atoms with Crippen LogP contribution in [0.15, 0.2) is 54.9 Å². The minimum atomic E-state index is -3.59. The quantitative estimate of drug-likeness (QED) is 0.283. The van der Waals surface area contributed by atoms with Crippen LogP contribution in [0.1, 0.15) is 24.0 Å². The fraction of sp³-hybridized carbons (Fsp3) is 0.345. The Bertz CT molecular complexity index is 1610. The molecule has 0 spiro atoms. The second-order valence-corrected chi connectivity index (χ2v) is 12.0. The lowest BCUT2D eigenvalue weighted by molar-refractivity contribution is 0.217. The fourth-order valence-corrected chi connectivity index (χ4v) is 6.11. The number of halogens is 1. The molecule has 9 nitrogen and oxygen atoms in total. The molecule has 3 heterocycles. The predicted octanol–water partition coefficient (Wildman–Crippen LogP) is 4.66. The second-order valence-electron chi connectivity index (χ2n) is 9.83. The third-order valence-corrected chi connectivity index (χ3v) is 8.41. The van der Waals surface area contributed by atoms with Crippen molar-refractivity contribution < 1.29 is 22.3 Å². The summed E-state index contributed by atoms with van der Waals surface area (Å²) < 4.78 is 51.5. The number of piperidine rings is 1. The Balaban J connectivity index is 1.49. The molecule has 0 saturated carbocycles. The molecule has 1 fully saturated rings. The van der Waals surface area contributed by atoms with Crippen molar-refractivity contribution in [1.29, 1.82) is 0 Å². The highest BCUT2D eigenvalue weighted by Gasteiger charge is 2.21. The lowest BCUT2D eigenvalue weighted by atomic mass is 10.0. The van der Waals surface area contributed by atoms with Gasteiger partial charge in [0.1, 0.15) is 11.6 Å². The van der Waals surface area contributed by atoms with E-state index in [1.165, 1.54) is 13.2 Å². The van der Waals surface area contributed by atoms with Crippen molar-refractivity contribution in [1.82, 2.24) is 20.3 Å². The Kier molecular flexibility index (Phi) is 8.53. The van der Waals surface area contributed by atoms with Crippen LogP contribution in [0.5, 0.6) is 11.6 Å². The van der Waals surface area contributed by atoms with Crippen LogP contribution in [0.25, 0.3) is 22.0 Å². The first kappa shape index (κ1) is 27.9. The third kappa shape index (κ3) is 6.38. The van der Waals surface area contributed by atoms with Crippen LogP contribution in [-0.4, -0.2) is 62.0 Å². The lowest BCUT2D eigenvalue weighted by Crippen LogP contribution is -2.38. The average molecular weight is 566 g/mol. The van der Waals surface area contributed by atoms with Gasteiger partial charge in [0.2, 0.25) is 11.8 Å². The molecule has 11 heteroatoms. The van der Waals surface area contributed by atoms with E-state index in [1.54, 1.807) is 42.7 Å². The van der Waals surface area contributed by atoms with Crippen molar-refractivity contribution in [3.8, 4) is 22.9 Å². The van der Waals surface area contributed by atoms with E-state index in [9.17, 15) is 12.8 Å². The molecule has 0 amide bonds. The maximum atomic E-state index is 14.9. The Labute approximate surface area is 233 Å². The summed E-state index contributed by atoms with van der Waals surface area (Å²) >= 11 is 0. The molecule has 0 radical (unpaired) electrons. The van der Waals surface area contributed by atoms with Gasteiger partial charge in [0.05, 0.1) is 29.4 Å². The van der Waals surface area contributed by atoms with Gasteiger partial charge in [-0.1, -0.05) is 12.1 Å². The zero-order valence-corrected chi connectivity index (χ0v) is 23.3. The number of ether oxygens (including phenoxy) is 2. The molecule has 2 aromatic carbocycles. The number of rotatable bonds is 10. The molecule has 2 aromatic heterocycles. The molecular weight excluding hydrogens is 533 g/mol. The summed E-state index contributed by atoms with van der Waals surface area (Å²) in [5, 5.41) is 7.83. The van der Waals surface area contributed by atoms with Gasteiger partial charge in [0, 0.05) is 43.0 Å². The zero-order valence-electron chi connectivity index (χ0n) is 22.5. The number of anilines is 1. The number of hydrogen-bond donors (Lipinski definition) is 2. The van der Waals surface area contributed by atoms with Crippen LogP contribution in [0.2, 0.25) is 0 Å². The largest absolute Gasteiger partial charge is 0.437 e. The number of hydrogen-bond acceptors (Lipinski definition) is 9. The standard InChI is InChI=1S/C29H32FN5O4S/c1-19-7-8-21-22(9-10-25(30)24(21)18-40(36,37)16-15-38-2)27(19)39-28-23(6-4-13-32-28)26-11-14-33-29(35-26)34-20-5-3-12-31-17-20/h4,6-11,13-14,20,31H,3,5,12,15-18H2,1-2H3,(H,33,34,35)/t20-/m0/s1. The SMILES string of the molecule is COCCS(=O)(=O)Cc1c(F)ccc2c(Oc3ncccc3-c3ccnc(N[C@H]4CCCNC4)n3)c(C)ccc12. The highest BCUT2D eigenvalue weighted by molar-refractivity contribution is 7.90. The van der Waals surface area contributed by atoms with Crippen molar-refractivity contribution in [2.75, 3.05) is 37.9 Å². The summed E-state index contributed by atoms with van der Waals surface area (Å²) in [5.41, 5.74) is 2.19. The van der Waals surface area contributed by atoms with Crippen LogP contribution in [0.3, 0.4) is 0 Å². The van der Waals surface area contributed by atoms with E-state index in [-0.39, 0.29) is 24.0 Å². The van der Waals surface area contributed by atoms with Crippen molar-refractivity contribution in [3.05, 3.63) is 71.8 Å². The van der Waals surface area contributed by atoms with Gasteiger partial charge in [-0.25, -0.2) is 27.8 Å². The smallest absolute Gasteiger partial charge is 0.228 e. The first-order valence-corrected chi connectivity index (χ1v) is 15.0. The van der Waals surface area contributed by atoms with Gasteiger partial charge in [0.25, 0.3) is 0 Å². The van der Waals surface area contributed by atoms with Gasteiger partial charge < -0.3 is 20.1 Å². The molecule has 1 atom stereocenters. The topological polar surface area (TPSA) is 115 Å². The van der Waals surface area contributed by atoms with Crippen LogP contribution in [-0.2, 0) is 20.3 Å². The van der Waals surface area contributed by atoms with Crippen molar-refractivity contribution in [3.63, 3.8) is 0 Å². The zero-order chi connectivity index (χ0) is 28.1.